The molecule has 0 aliphatic carbocycles. The largest absolute Gasteiger partial charge is 0.382 e. The molecule has 3 atom stereocenters. The summed E-state index contributed by atoms with van der Waals surface area (Å²) in [5.74, 6) is 1.26. The van der Waals surface area contributed by atoms with Gasteiger partial charge in [0.2, 0.25) is 0 Å². The van der Waals surface area contributed by atoms with E-state index in [4.69, 9.17) is 15.5 Å². The number of aromatic nitrogens is 2. The van der Waals surface area contributed by atoms with Crippen molar-refractivity contribution in [3.8, 4) is 0 Å². The molecule has 10 nitrogen and oxygen atoms in total. The van der Waals surface area contributed by atoms with Gasteiger partial charge in [0.05, 0.1) is 43.4 Å². The molecule has 178 valence electrons. The minimum atomic E-state index is -0.170. The molecule has 6 rings (SSSR count). The summed E-state index contributed by atoms with van der Waals surface area (Å²) in [5, 5.41) is 6.94. The van der Waals surface area contributed by atoms with Crippen molar-refractivity contribution in [2.75, 3.05) is 55.3 Å². The molecule has 1 aromatic heterocycles. The van der Waals surface area contributed by atoms with Crippen LogP contribution in [-0.2, 0) is 4.74 Å². The SMILES string of the molecule is CC1C(c2cncc(N)n2)N=C(Nc2ccc(N3CCN(C4COC4)CC3)cc2)C2NC=CN21. The van der Waals surface area contributed by atoms with Gasteiger partial charge in [-0.2, -0.15) is 0 Å². The molecule has 2 saturated heterocycles. The van der Waals surface area contributed by atoms with Crippen LogP contribution < -0.4 is 21.3 Å². The Morgan fingerprint density at radius 1 is 1.09 bits per heavy atom. The third-order valence-corrected chi connectivity index (χ3v) is 7.19. The average molecular weight is 462 g/mol. The predicted molar refractivity (Wildman–Crippen MR) is 132 cm³/mol. The number of ether oxygens (including phenoxy) is 1. The van der Waals surface area contributed by atoms with E-state index < -0.39 is 0 Å². The van der Waals surface area contributed by atoms with Crippen LogP contribution in [0.5, 0.6) is 0 Å². The number of anilines is 3. The molecular weight excluding hydrogens is 430 g/mol. The van der Waals surface area contributed by atoms with Crippen molar-refractivity contribution >= 4 is 23.0 Å². The molecule has 2 aromatic rings. The van der Waals surface area contributed by atoms with Crippen LogP contribution >= 0.6 is 0 Å². The zero-order valence-electron chi connectivity index (χ0n) is 19.3. The lowest BCUT2D eigenvalue weighted by Crippen LogP contribution is -2.56. The maximum atomic E-state index is 5.89. The van der Waals surface area contributed by atoms with Crippen LogP contribution in [0.15, 0.2) is 54.1 Å². The number of benzene rings is 1. The lowest BCUT2D eigenvalue weighted by molar-refractivity contribution is -0.0660. The summed E-state index contributed by atoms with van der Waals surface area (Å²) in [7, 11) is 0. The maximum absolute atomic E-state index is 5.89. The van der Waals surface area contributed by atoms with Crippen LogP contribution in [0.1, 0.15) is 18.7 Å². The van der Waals surface area contributed by atoms with Gasteiger partial charge in [0, 0.05) is 50.0 Å². The van der Waals surface area contributed by atoms with Crippen molar-refractivity contribution in [2.24, 2.45) is 4.99 Å². The molecule has 0 spiro atoms. The van der Waals surface area contributed by atoms with Gasteiger partial charge < -0.3 is 30.9 Å². The van der Waals surface area contributed by atoms with Crippen molar-refractivity contribution in [1.29, 1.82) is 0 Å². The van der Waals surface area contributed by atoms with Gasteiger partial charge in [0.25, 0.3) is 0 Å². The Kier molecular flexibility index (Phi) is 5.46. The summed E-state index contributed by atoms with van der Waals surface area (Å²) < 4.78 is 5.35. The number of hydrogen-bond acceptors (Lipinski definition) is 10. The standard InChI is InChI=1S/C24H31N9O/c1-16-22(20-12-26-13-21(25)29-20)30-23(24-27-6-7-33(16)24)28-17-2-4-18(5-3-17)31-8-10-32(11-9-31)19-14-34-15-19/h2-7,12-13,16,19,22,24,27H,8-11,14-15H2,1H3,(H2,25,29)(H,28,30). The van der Waals surface area contributed by atoms with Crippen molar-refractivity contribution in [2.45, 2.75) is 31.2 Å². The van der Waals surface area contributed by atoms with Crippen molar-refractivity contribution in [3.63, 3.8) is 0 Å². The number of nitrogen functional groups attached to an aromatic ring is 1. The second kappa shape index (κ2) is 8.77. The molecule has 0 saturated carbocycles. The van der Waals surface area contributed by atoms with E-state index in [2.05, 4.69) is 72.7 Å². The fourth-order valence-corrected chi connectivity index (χ4v) is 5.11. The molecule has 0 radical (unpaired) electrons. The van der Waals surface area contributed by atoms with Crippen molar-refractivity contribution in [1.82, 2.24) is 25.1 Å². The highest BCUT2D eigenvalue weighted by Gasteiger charge is 2.38. The summed E-state index contributed by atoms with van der Waals surface area (Å²) in [6.07, 6.45) is 7.30. The van der Waals surface area contributed by atoms with E-state index >= 15 is 0 Å². The fourth-order valence-electron chi connectivity index (χ4n) is 5.11. The first-order valence-corrected chi connectivity index (χ1v) is 11.9. The van der Waals surface area contributed by atoms with Crippen LogP contribution in [0.3, 0.4) is 0 Å². The van der Waals surface area contributed by atoms with Crippen molar-refractivity contribution < 1.29 is 4.74 Å². The Hall–Kier alpha value is -3.37. The van der Waals surface area contributed by atoms with E-state index in [1.54, 1.807) is 12.4 Å². The van der Waals surface area contributed by atoms with Gasteiger partial charge in [-0.25, -0.2) is 4.98 Å². The first-order valence-electron chi connectivity index (χ1n) is 11.9. The van der Waals surface area contributed by atoms with Gasteiger partial charge >= 0.3 is 0 Å². The summed E-state index contributed by atoms with van der Waals surface area (Å²) in [6, 6.07) is 9.20. The first kappa shape index (κ1) is 21.2. The van der Waals surface area contributed by atoms with E-state index in [0.29, 0.717) is 11.9 Å². The topological polar surface area (TPSA) is 107 Å². The highest BCUT2D eigenvalue weighted by molar-refractivity contribution is 6.00. The van der Waals surface area contributed by atoms with Gasteiger partial charge in [-0.1, -0.05) is 0 Å². The summed E-state index contributed by atoms with van der Waals surface area (Å²) in [5.41, 5.74) is 8.93. The Morgan fingerprint density at radius 3 is 2.59 bits per heavy atom. The summed E-state index contributed by atoms with van der Waals surface area (Å²) >= 11 is 0. The molecule has 10 heteroatoms. The lowest BCUT2D eigenvalue weighted by atomic mass is 10.0. The maximum Gasteiger partial charge on any atom is 0.158 e. The minimum Gasteiger partial charge on any atom is -0.382 e. The Balaban J connectivity index is 1.17. The van der Waals surface area contributed by atoms with Crippen LogP contribution in [0.2, 0.25) is 0 Å². The average Bonchev–Trinajstić information content (AvgIpc) is 3.32. The smallest absolute Gasteiger partial charge is 0.158 e. The number of nitrogens with one attached hydrogen (secondary N) is 2. The molecule has 2 fully saturated rings. The normalized spacial score (nSPS) is 27.1. The number of rotatable bonds is 4. The predicted octanol–water partition coefficient (Wildman–Crippen LogP) is 1.24. The Labute approximate surface area is 199 Å². The second-order valence-electron chi connectivity index (χ2n) is 9.29. The third kappa shape index (κ3) is 3.92. The van der Waals surface area contributed by atoms with Crippen molar-refractivity contribution in [3.05, 3.63) is 54.8 Å². The van der Waals surface area contributed by atoms with E-state index in [-0.39, 0.29) is 18.2 Å². The highest BCUT2D eigenvalue weighted by Crippen LogP contribution is 2.32. The van der Waals surface area contributed by atoms with E-state index in [1.807, 2.05) is 6.20 Å². The molecular formula is C24H31N9O. The first-order chi connectivity index (χ1) is 16.7. The van der Waals surface area contributed by atoms with Crippen LogP contribution in [0, 0.1) is 0 Å². The van der Waals surface area contributed by atoms with E-state index in [9.17, 15) is 0 Å². The quantitative estimate of drug-likeness (QED) is 0.620. The van der Waals surface area contributed by atoms with Crippen LogP contribution in [-0.4, -0.2) is 83.2 Å². The number of piperazine rings is 1. The highest BCUT2D eigenvalue weighted by atomic mass is 16.5. The van der Waals surface area contributed by atoms with Gasteiger partial charge in [-0.3, -0.25) is 14.9 Å². The zero-order valence-corrected chi connectivity index (χ0v) is 19.3. The molecule has 1 aromatic carbocycles. The van der Waals surface area contributed by atoms with Gasteiger partial charge in [0.1, 0.15) is 17.7 Å². The van der Waals surface area contributed by atoms with Crippen LogP contribution in [0.4, 0.5) is 17.2 Å². The van der Waals surface area contributed by atoms with E-state index in [0.717, 1.165) is 56.6 Å². The number of amidine groups is 1. The number of hydrogen-bond donors (Lipinski definition) is 3. The Bertz CT molecular complexity index is 1080. The van der Waals surface area contributed by atoms with Gasteiger partial charge in [-0.05, 0) is 31.2 Å². The zero-order chi connectivity index (χ0) is 23.1. The number of aliphatic imine (C=N–C) groups is 1. The molecule has 4 N–H and O–H groups in total. The minimum absolute atomic E-state index is 0.0384. The molecule has 0 amide bonds. The summed E-state index contributed by atoms with van der Waals surface area (Å²) in [4.78, 5) is 21.0. The monoisotopic (exact) mass is 461 g/mol. The van der Waals surface area contributed by atoms with Crippen LogP contribution in [0.25, 0.3) is 0 Å². The molecule has 3 unspecified atom stereocenters. The number of fused-ring (bicyclic) bond motifs is 1. The summed E-state index contributed by atoms with van der Waals surface area (Å²) in [6.45, 7) is 8.19. The molecule has 34 heavy (non-hydrogen) atoms. The molecule has 4 aliphatic heterocycles. The second-order valence-corrected chi connectivity index (χ2v) is 9.29. The fraction of sp³-hybridized carbons (Fsp3) is 0.458. The third-order valence-electron chi connectivity index (χ3n) is 7.19. The van der Waals surface area contributed by atoms with Gasteiger partial charge in [-0.15, -0.1) is 0 Å². The van der Waals surface area contributed by atoms with E-state index in [1.165, 1.54) is 5.69 Å². The molecule has 4 aliphatic rings. The van der Waals surface area contributed by atoms with Gasteiger partial charge in [0.15, 0.2) is 6.17 Å². The number of nitrogens with two attached hydrogens (primary N) is 1. The molecule has 0 bridgehead atoms. The molecule has 5 heterocycles. The lowest BCUT2D eigenvalue weighted by Gasteiger charge is -2.43. The Morgan fingerprint density at radius 2 is 1.88 bits per heavy atom. The number of nitrogens with zero attached hydrogens (tertiary/aromatic N) is 6.